The van der Waals surface area contributed by atoms with Gasteiger partial charge in [0.25, 0.3) is 0 Å². The Morgan fingerprint density at radius 2 is 1.62 bits per heavy atom. The van der Waals surface area contributed by atoms with E-state index in [1.54, 1.807) is 18.9 Å². The molecule has 0 aromatic heterocycles. The van der Waals surface area contributed by atoms with Gasteiger partial charge in [0.1, 0.15) is 6.61 Å². The maximum atomic E-state index is 5.62. The van der Waals surface area contributed by atoms with Gasteiger partial charge in [0.2, 0.25) is 0 Å². The first-order chi connectivity index (χ1) is 7.88. The SMILES string of the molecule is COCCOc1ccccc1OCCSC. The minimum Gasteiger partial charge on any atom is -0.489 e. The van der Waals surface area contributed by atoms with E-state index in [1.165, 1.54) is 0 Å². The summed E-state index contributed by atoms with van der Waals surface area (Å²) in [5.74, 6) is 2.56. The standard InChI is InChI=1S/C12H18O3S/c1-13-7-8-14-11-5-3-4-6-12(11)15-9-10-16-2/h3-6H,7-10H2,1-2H3. The Bertz CT molecular complexity index is 262. The summed E-state index contributed by atoms with van der Waals surface area (Å²) >= 11 is 1.76. The quantitative estimate of drug-likeness (QED) is 0.654. The highest BCUT2D eigenvalue weighted by molar-refractivity contribution is 7.98. The van der Waals surface area contributed by atoms with E-state index in [2.05, 4.69) is 6.26 Å². The lowest BCUT2D eigenvalue weighted by Crippen LogP contribution is -2.06. The minimum atomic E-state index is 0.541. The summed E-state index contributed by atoms with van der Waals surface area (Å²) in [6.45, 7) is 1.82. The van der Waals surface area contributed by atoms with Crippen LogP contribution in [0.3, 0.4) is 0 Å². The Hall–Kier alpha value is -0.870. The Kier molecular flexibility index (Phi) is 6.85. The normalized spacial score (nSPS) is 10.1. The van der Waals surface area contributed by atoms with Crippen LogP contribution in [0.2, 0.25) is 0 Å². The van der Waals surface area contributed by atoms with E-state index in [9.17, 15) is 0 Å². The molecule has 0 bridgehead atoms. The highest BCUT2D eigenvalue weighted by atomic mass is 32.2. The lowest BCUT2D eigenvalue weighted by Gasteiger charge is -2.11. The lowest BCUT2D eigenvalue weighted by molar-refractivity contribution is 0.143. The van der Waals surface area contributed by atoms with Crippen molar-refractivity contribution in [3.8, 4) is 11.5 Å². The number of methoxy groups -OCH3 is 1. The smallest absolute Gasteiger partial charge is 0.161 e. The van der Waals surface area contributed by atoms with Gasteiger partial charge in [0.05, 0.1) is 13.2 Å². The molecule has 16 heavy (non-hydrogen) atoms. The van der Waals surface area contributed by atoms with Crippen LogP contribution in [0.1, 0.15) is 0 Å². The van der Waals surface area contributed by atoms with Gasteiger partial charge in [-0.05, 0) is 18.4 Å². The molecule has 90 valence electrons. The van der Waals surface area contributed by atoms with Crippen molar-refractivity contribution in [1.29, 1.82) is 0 Å². The third-order valence-corrected chi connectivity index (χ3v) is 2.51. The molecule has 1 aromatic carbocycles. The molecule has 0 spiro atoms. The molecule has 0 saturated heterocycles. The van der Waals surface area contributed by atoms with Crippen molar-refractivity contribution < 1.29 is 14.2 Å². The summed E-state index contributed by atoms with van der Waals surface area (Å²) < 4.78 is 16.1. The van der Waals surface area contributed by atoms with Crippen molar-refractivity contribution in [3.63, 3.8) is 0 Å². The van der Waals surface area contributed by atoms with Crippen LogP contribution in [0.25, 0.3) is 0 Å². The fourth-order valence-electron chi connectivity index (χ4n) is 1.16. The number of para-hydroxylation sites is 2. The summed E-state index contributed by atoms with van der Waals surface area (Å²) in [6, 6.07) is 7.70. The Morgan fingerprint density at radius 1 is 1.00 bits per heavy atom. The fourth-order valence-corrected chi connectivity index (χ4v) is 1.41. The van der Waals surface area contributed by atoms with Crippen molar-refractivity contribution in [1.82, 2.24) is 0 Å². The van der Waals surface area contributed by atoms with E-state index in [0.29, 0.717) is 19.8 Å². The summed E-state index contributed by atoms with van der Waals surface area (Å²) in [5.41, 5.74) is 0. The molecule has 1 rings (SSSR count). The average molecular weight is 242 g/mol. The molecule has 0 saturated carbocycles. The zero-order valence-electron chi connectivity index (χ0n) is 9.77. The van der Waals surface area contributed by atoms with Crippen molar-refractivity contribution in [2.24, 2.45) is 0 Å². The predicted molar refractivity (Wildman–Crippen MR) is 67.7 cm³/mol. The van der Waals surface area contributed by atoms with Gasteiger partial charge in [-0.2, -0.15) is 11.8 Å². The highest BCUT2D eigenvalue weighted by Gasteiger charge is 2.03. The molecule has 0 atom stereocenters. The van der Waals surface area contributed by atoms with Gasteiger partial charge in [-0.15, -0.1) is 0 Å². The first-order valence-corrected chi connectivity index (χ1v) is 6.60. The third-order valence-electron chi connectivity index (χ3n) is 1.94. The number of thioether (sulfide) groups is 1. The molecule has 0 radical (unpaired) electrons. The van der Waals surface area contributed by atoms with Crippen LogP contribution < -0.4 is 9.47 Å². The second-order valence-electron chi connectivity index (χ2n) is 3.13. The largest absolute Gasteiger partial charge is 0.489 e. The predicted octanol–water partition coefficient (Wildman–Crippen LogP) is 2.45. The van der Waals surface area contributed by atoms with E-state index in [1.807, 2.05) is 24.3 Å². The number of hydrogen-bond donors (Lipinski definition) is 0. The summed E-state index contributed by atoms with van der Waals surface area (Å²) in [6.07, 6.45) is 2.06. The van der Waals surface area contributed by atoms with Crippen LogP contribution >= 0.6 is 11.8 Å². The number of benzene rings is 1. The first kappa shape index (κ1) is 13.2. The van der Waals surface area contributed by atoms with Gasteiger partial charge in [-0.1, -0.05) is 12.1 Å². The molecule has 0 N–H and O–H groups in total. The second-order valence-corrected chi connectivity index (χ2v) is 4.11. The topological polar surface area (TPSA) is 27.7 Å². The molecule has 0 aliphatic rings. The van der Waals surface area contributed by atoms with Crippen molar-refractivity contribution >= 4 is 11.8 Å². The number of rotatable bonds is 8. The minimum absolute atomic E-state index is 0.541. The summed E-state index contributed by atoms with van der Waals surface area (Å²) in [5, 5.41) is 0. The van der Waals surface area contributed by atoms with Crippen LogP contribution in [-0.2, 0) is 4.74 Å². The highest BCUT2D eigenvalue weighted by Crippen LogP contribution is 2.26. The van der Waals surface area contributed by atoms with Crippen LogP contribution in [0.5, 0.6) is 11.5 Å². The molecule has 0 fully saturated rings. The molecule has 4 heteroatoms. The average Bonchev–Trinajstić information content (AvgIpc) is 2.32. The van der Waals surface area contributed by atoms with Gasteiger partial charge in [-0.3, -0.25) is 0 Å². The molecule has 0 aliphatic carbocycles. The van der Waals surface area contributed by atoms with Gasteiger partial charge >= 0.3 is 0 Å². The number of ether oxygens (including phenoxy) is 3. The Morgan fingerprint density at radius 3 is 2.19 bits per heavy atom. The van der Waals surface area contributed by atoms with Gasteiger partial charge < -0.3 is 14.2 Å². The zero-order valence-corrected chi connectivity index (χ0v) is 10.6. The fraction of sp³-hybridized carbons (Fsp3) is 0.500. The van der Waals surface area contributed by atoms with E-state index in [0.717, 1.165) is 17.3 Å². The number of hydrogen-bond acceptors (Lipinski definition) is 4. The molecular weight excluding hydrogens is 224 g/mol. The zero-order chi connectivity index (χ0) is 11.6. The molecule has 0 amide bonds. The summed E-state index contributed by atoms with van der Waals surface area (Å²) in [4.78, 5) is 0. The lowest BCUT2D eigenvalue weighted by atomic mass is 10.3. The first-order valence-electron chi connectivity index (χ1n) is 5.21. The molecule has 1 aromatic rings. The third kappa shape index (κ3) is 4.77. The molecule has 0 heterocycles. The molecule has 0 aliphatic heterocycles. The van der Waals surface area contributed by atoms with E-state index < -0.39 is 0 Å². The van der Waals surface area contributed by atoms with Gasteiger partial charge in [-0.25, -0.2) is 0 Å². The second kappa shape index (κ2) is 8.30. The van der Waals surface area contributed by atoms with Crippen molar-refractivity contribution in [2.45, 2.75) is 0 Å². The Balaban J connectivity index is 2.46. The van der Waals surface area contributed by atoms with Crippen LogP contribution in [-0.4, -0.2) is 38.9 Å². The van der Waals surface area contributed by atoms with Crippen LogP contribution in [0.4, 0.5) is 0 Å². The maximum absolute atomic E-state index is 5.62. The van der Waals surface area contributed by atoms with Crippen LogP contribution in [0, 0.1) is 0 Å². The van der Waals surface area contributed by atoms with Gasteiger partial charge in [0, 0.05) is 12.9 Å². The molecule has 0 unspecified atom stereocenters. The van der Waals surface area contributed by atoms with Crippen molar-refractivity contribution in [3.05, 3.63) is 24.3 Å². The van der Waals surface area contributed by atoms with Crippen molar-refractivity contribution in [2.75, 3.05) is 38.9 Å². The molecule has 3 nitrogen and oxygen atoms in total. The molecular formula is C12H18O3S. The van der Waals surface area contributed by atoms with E-state index in [4.69, 9.17) is 14.2 Å². The summed E-state index contributed by atoms with van der Waals surface area (Å²) in [7, 11) is 1.66. The Labute approximate surface area is 101 Å². The monoisotopic (exact) mass is 242 g/mol. The van der Waals surface area contributed by atoms with Gasteiger partial charge in [0.15, 0.2) is 11.5 Å². The van der Waals surface area contributed by atoms with Crippen LogP contribution in [0.15, 0.2) is 24.3 Å². The maximum Gasteiger partial charge on any atom is 0.161 e. The van der Waals surface area contributed by atoms with E-state index in [-0.39, 0.29) is 0 Å². The van der Waals surface area contributed by atoms with E-state index >= 15 is 0 Å².